The smallest absolute Gasteiger partial charge is 0.157 e. The first-order valence-corrected chi connectivity index (χ1v) is 11.2. The monoisotopic (exact) mass is 290 g/mol. The number of benzene rings is 1. The van der Waals surface area contributed by atoms with Crippen molar-refractivity contribution in [1.82, 2.24) is 0 Å². The highest BCUT2D eigenvalue weighted by molar-refractivity contribution is 7.13. The van der Waals surface area contributed by atoms with Crippen molar-refractivity contribution < 1.29 is 4.79 Å². The fourth-order valence-corrected chi connectivity index (χ4v) is 4.72. The van der Waals surface area contributed by atoms with Gasteiger partial charge in [0, 0.05) is 6.42 Å². The van der Waals surface area contributed by atoms with Crippen molar-refractivity contribution in [3.05, 3.63) is 30.3 Å². The van der Waals surface area contributed by atoms with Crippen molar-refractivity contribution in [2.24, 2.45) is 0 Å². The summed E-state index contributed by atoms with van der Waals surface area (Å²) in [6.07, 6.45) is 9.71. The van der Waals surface area contributed by atoms with Crippen molar-refractivity contribution >= 4 is 18.7 Å². The highest BCUT2D eigenvalue weighted by Crippen LogP contribution is 2.13. The molecular formula is C18H30OSi. The normalized spacial score (nSPS) is 11.6. The molecule has 0 aliphatic rings. The van der Waals surface area contributed by atoms with E-state index in [0.717, 1.165) is 12.8 Å². The molecule has 0 radical (unpaired) electrons. The van der Waals surface area contributed by atoms with E-state index in [1.54, 1.807) is 0 Å². The van der Waals surface area contributed by atoms with Crippen LogP contribution >= 0.6 is 0 Å². The zero-order valence-corrected chi connectivity index (χ0v) is 14.5. The summed E-state index contributed by atoms with van der Waals surface area (Å²) in [5.74, 6) is 0. The molecule has 0 N–H and O–H groups in total. The van der Waals surface area contributed by atoms with Gasteiger partial charge in [0.15, 0.2) is 8.07 Å². The second kappa shape index (κ2) is 9.12. The van der Waals surface area contributed by atoms with Crippen LogP contribution in [-0.2, 0) is 4.79 Å². The molecule has 20 heavy (non-hydrogen) atoms. The molecule has 112 valence electrons. The maximum absolute atomic E-state index is 12.5. The quantitative estimate of drug-likeness (QED) is 0.444. The maximum Gasteiger partial charge on any atom is 0.157 e. The molecule has 0 saturated carbocycles. The Hall–Kier alpha value is -0.893. The first-order chi connectivity index (χ1) is 9.59. The van der Waals surface area contributed by atoms with E-state index in [2.05, 4.69) is 32.2 Å². The third-order valence-electron chi connectivity index (χ3n) is 4.20. The first kappa shape index (κ1) is 17.2. The van der Waals surface area contributed by atoms with E-state index in [0.29, 0.717) is 5.41 Å². The summed E-state index contributed by atoms with van der Waals surface area (Å²) in [6, 6.07) is 10.4. The number of unbranched alkanes of at least 4 members (excludes halogenated alkanes) is 6. The molecule has 0 unspecified atom stereocenters. The average Bonchev–Trinajstić information content (AvgIpc) is 2.47. The Kier molecular flexibility index (Phi) is 7.82. The number of hydrogen-bond donors (Lipinski definition) is 0. The van der Waals surface area contributed by atoms with Crippen LogP contribution in [0.2, 0.25) is 13.1 Å². The van der Waals surface area contributed by atoms with Gasteiger partial charge >= 0.3 is 0 Å². The second-order valence-corrected chi connectivity index (χ2v) is 10.7. The fraction of sp³-hybridized carbons (Fsp3) is 0.611. The molecule has 1 nitrogen and oxygen atoms in total. The Bertz CT molecular complexity index is 384. The molecule has 0 bridgehead atoms. The van der Waals surface area contributed by atoms with Gasteiger partial charge in [-0.15, -0.1) is 0 Å². The van der Waals surface area contributed by atoms with E-state index in [9.17, 15) is 4.79 Å². The zero-order valence-electron chi connectivity index (χ0n) is 13.5. The molecule has 0 fully saturated rings. The van der Waals surface area contributed by atoms with Crippen LogP contribution in [0.4, 0.5) is 0 Å². The lowest BCUT2D eigenvalue weighted by molar-refractivity contribution is -0.112. The summed E-state index contributed by atoms with van der Waals surface area (Å²) >= 11 is 0. The maximum atomic E-state index is 12.5. The standard InChI is InChI=1S/C18H30OSi/c1-4-5-6-7-8-9-13-16-18(19)20(2,3)17-14-11-10-12-15-17/h10-12,14-15H,4-9,13,16H2,1-3H3. The van der Waals surface area contributed by atoms with E-state index in [1.807, 2.05) is 18.2 Å². The Morgan fingerprint density at radius 3 is 2.05 bits per heavy atom. The van der Waals surface area contributed by atoms with Crippen LogP contribution in [0.25, 0.3) is 0 Å². The van der Waals surface area contributed by atoms with Crippen LogP contribution in [0.15, 0.2) is 30.3 Å². The molecule has 0 saturated heterocycles. The Morgan fingerprint density at radius 1 is 0.900 bits per heavy atom. The van der Waals surface area contributed by atoms with Crippen molar-refractivity contribution in [1.29, 1.82) is 0 Å². The first-order valence-electron chi connectivity index (χ1n) is 8.18. The SMILES string of the molecule is CCCCCCCCCC(=O)[Si](C)(C)c1ccccc1. The summed E-state index contributed by atoms with van der Waals surface area (Å²) in [5.41, 5.74) is 0. The van der Waals surface area contributed by atoms with Gasteiger partial charge in [-0.25, -0.2) is 0 Å². The Balaban J connectivity index is 2.28. The molecule has 0 atom stereocenters. The number of carbonyl (C=O) groups excluding carboxylic acids is 1. The summed E-state index contributed by atoms with van der Waals surface area (Å²) in [7, 11) is -1.90. The minimum absolute atomic E-state index is 0.511. The van der Waals surface area contributed by atoms with Crippen LogP contribution in [-0.4, -0.2) is 13.5 Å². The van der Waals surface area contributed by atoms with Gasteiger partial charge in [-0.05, 0) is 6.42 Å². The minimum atomic E-state index is -1.90. The predicted octanol–water partition coefficient (Wildman–Crippen LogP) is 4.85. The average molecular weight is 291 g/mol. The molecule has 0 aromatic heterocycles. The fourth-order valence-electron chi connectivity index (χ4n) is 2.57. The molecule has 1 aromatic carbocycles. The lowest BCUT2D eigenvalue weighted by Gasteiger charge is -2.21. The molecular weight excluding hydrogens is 260 g/mol. The Labute approximate surface area is 125 Å². The van der Waals surface area contributed by atoms with Gasteiger partial charge in [-0.3, -0.25) is 0 Å². The van der Waals surface area contributed by atoms with E-state index in [-0.39, 0.29) is 0 Å². The molecule has 0 amide bonds. The van der Waals surface area contributed by atoms with Crippen molar-refractivity contribution in [2.45, 2.75) is 71.4 Å². The highest BCUT2D eigenvalue weighted by Gasteiger charge is 2.31. The van der Waals surface area contributed by atoms with Crippen LogP contribution in [0.5, 0.6) is 0 Å². The summed E-state index contributed by atoms with van der Waals surface area (Å²) in [6.45, 7) is 6.62. The van der Waals surface area contributed by atoms with E-state index < -0.39 is 8.07 Å². The van der Waals surface area contributed by atoms with Gasteiger partial charge in [-0.1, -0.05) is 94.1 Å². The van der Waals surface area contributed by atoms with Crippen LogP contribution in [0.1, 0.15) is 58.3 Å². The minimum Gasteiger partial charge on any atom is -0.305 e. The van der Waals surface area contributed by atoms with Gasteiger partial charge in [0.05, 0.1) is 0 Å². The Morgan fingerprint density at radius 2 is 1.45 bits per heavy atom. The summed E-state index contributed by atoms with van der Waals surface area (Å²) < 4.78 is 0. The van der Waals surface area contributed by atoms with Gasteiger partial charge in [0.25, 0.3) is 0 Å². The number of carbonyl (C=O) groups is 1. The van der Waals surface area contributed by atoms with Gasteiger partial charge in [-0.2, -0.15) is 0 Å². The molecule has 0 heterocycles. The topological polar surface area (TPSA) is 17.1 Å². The number of hydrogen-bond acceptors (Lipinski definition) is 1. The molecule has 1 rings (SSSR count). The van der Waals surface area contributed by atoms with Crippen LogP contribution in [0, 0.1) is 0 Å². The lowest BCUT2D eigenvalue weighted by atomic mass is 10.1. The van der Waals surface area contributed by atoms with E-state index in [1.165, 1.54) is 43.7 Å². The van der Waals surface area contributed by atoms with Gasteiger partial charge in [0.2, 0.25) is 0 Å². The van der Waals surface area contributed by atoms with Gasteiger partial charge in [0.1, 0.15) is 5.41 Å². The summed E-state index contributed by atoms with van der Waals surface area (Å²) in [5, 5.41) is 1.78. The second-order valence-electron chi connectivity index (χ2n) is 6.29. The lowest BCUT2D eigenvalue weighted by Crippen LogP contribution is -2.49. The van der Waals surface area contributed by atoms with E-state index >= 15 is 0 Å². The molecule has 0 spiro atoms. The molecule has 1 aromatic rings. The third kappa shape index (κ3) is 5.62. The van der Waals surface area contributed by atoms with Crippen molar-refractivity contribution in [3.8, 4) is 0 Å². The summed E-state index contributed by atoms with van der Waals surface area (Å²) in [4.78, 5) is 12.5. The largest absolute Gasteiger partial charge is 0.305 e. The molecule has 2 heteroatoms. The highest BCUT2D eigenvalue weighted by atomic mass is 28.3. The zero-order chi connectivity index (χ0) is 14.8. The van der Waals surface area contributed by atoms with Crippen molar-refractivity contribution in [2.75, 3.05) is 0 Å². The van der Waals surface area contributed by atoms with Crippen LogP contribution in [0.3, 0.4) is 0 Å². The molecule has 0 aliphatic heterocycles. The predicted molar refractivity (Wildman–Crippen MR) is 91.2 cm³/mol. The van der Waals surface area contributed by atoms with Gasteiger partial charge < -0.3 is 4.79 Å². The van der Waals surface area contributed by atoms with E-state index in [4.69, 9.17) is 0 Å². The number of rotatable bonds is 10. The van der Waals surface area contributed by atoms with Crippen LogP contribution < -0.4 is 5.19 Å². The third-order valence-corrected chi connectivity index (χ3v) is 7.62. The van der Waals surface area contributed by atoms with Crippen molar-refractivity contribution in [3.63, 3.8) is 0 Å². The molecule has 0 aliphatic carbocycles.